The van der Waals surface area contributed by atoms with Crippen LogP contribution in [0.2, 0.25) is 0 Å². The maximum Gasteiger partial charge on any atom is 0.298 e. The number of hydrogen-bond donors (Lipinski definition) is 0. The Morgan fingerprint density at radius 1 is 1.07 bits per heavy atom. The van der Waals surface area contributed by atoms with Crippen LogP contribution in [0.3, 0.4) is 0 Å². The zero-order valence-corrected chi connectivity index (χ0v) is 9.54. The van der Waals surface area contributed by atoms with E-state index in [9.17, 15) is 4.79 Å². The molecule has 0 aromatic heterocycles. The second kappa shape index (κ2) is 11.0. The SMILES string of the molecule is C=CCCCCCCCCC(=C)OC=O. The van der Waals surface area contributed by atoms with Crippen molar-refractivity contribution in [3.05, 3.63) is 25.0 Å². The first-order valence-electron chi connectivity index (χ1n) is 5.70. The van der Waals surface area contributed by atoms with Crippen LogP contribution in [0.1, 0.15) is 51.4 Å². The average molecular weight is 210 g/mol. The Hall–Kier alpha value is -1.05. The molecule has 0 N–H and O–H groups in total. The Balaban J connectivity index is 3.07. The number of rotatable bonds is 11. The molecule has 0 saturated heterocycles. The third kappa shape index (κ3) is 10.9. The van der Waals surface area contributed by atoms with E-state index in [-0.39, 0.29) is 0 Å². The lowest BCUT2D eigenvalue weighted by Crippen LogP contribution is -1.88. The molecule has 0 aromatic rings. The number of allylic oxidation sites excluding steroid dienone is 2. The molecule has 0 aliphatic carbocycles. The molecule has 0 atom stereocenters. The molecule has 0 saturated carbocycles. The zero-order chi connectivity index (χ0) is 11.4. The molecule has 0 spiro atoms. The van der Waals surface area contributed by atoms with Gasteiger partial charge in [-0.2, -0.15) is 0 Å². The lowest BCUT2D eigenvalue weighted by atomic mass is 10.1. The van der Waals surface area contributed by atoms with Gasteiger partial charge in [0.25, 0.3) is 6.47 Å². The first kappa shape index (κ1) is 13.9. The highest BCUT2D eigenvalue weighted by atomic mass is 16.5. The minimum Gasteiger partial charge on any atom is -0.434 e. The quantitative estimate of drug-likeness (QED) is 0.223. The van der Waals surface area contributed by atoms with E-state index < -0.39 is 0 Å². The van der Waals surface area contributed by atoms with Crippen molar-refractivity contribution in [2.75, 3.05) is 0 Å². The summed E-state index contributed by atoms with van der Waals surface area (Å²) in [5.41, 5.74) is 0. The van der Waals surface area contributed by atoms with Crippen LogP contribution in [0, 0.1) is 0 Å². The lowest BCUT2D eigenvalue weighted by molar-refractivity contribution is -0.125. The van der Waals surface area contributed by atoms with Crippen LogP contribution in [0.4, 0.5) is 0 Å². The number of unbranched alkanes of at least 4 members (excludes halogenated alkanes) is 6. The van der Waals surface area contributed by atoms with Crippen molar-refractivity contribution in [3.8, 4) is 0 Å². The molecule has 2 heteroatoms. The van der Waals surface area contributed by atoms with Crippen LogP contribution in [0.5, 0.6) is 0 Å². The third-order valence-electron chi connectivity index (χ3n) is 2.33. The van der Waals surface area contributed by atoms with Crippen molar-refractivity contribution < 1.29 is 9.53 Å². The largest absolute Gasteiger partial charge is 0.434 e. The molecule has 0 aliphatic rings. The Morgan fingerprint density at radius 3 is 2.27 bits per heavy atom. The van der Waals surface area contributed by atoms with E-state index in [1.165, 1.54) is 32.1 Å². The number of ether oxygens (including phenoxy) is 1. The molecule has 0 unspecified atom stereocenters. The monoisotopic (exact) mass is 210 g/mol. The topological polar surface area (TPSA) is 26.3 Å². The van der Waals surface area contributed by atoms with Crippen LogP contribution in [0.25, 0.3) is 0 Å². The molecule has 0 amide bonds. The van der Waals surface area contributed by atoms with Crippen LogP contribution in [-0.2, 0) is 9.53 Å². The van der Waals surface area contributed by atoms with E-state index in [0.29, 0.717) is 12.2 Å². The molecule has 0 rings (SSSR count). The fourth-order valence-corrected chi connectivity index (χ4v) is 1.44. The summed E-state index contributed by atoms with van der Waals surface area (Å²) in [7, 11) is 0. The lowest BCUT2D eigenvalue weighted by Gasteiger charge is -2.02. The molecule has 15 heavy (non-hydrogen) atoms. The summed E-state index contributed by atoms with van der Waals surface area (Å²) in [4.78, 5) is 9.96. The van der Waals surface area contributed by atoms with Gasteiger partial charge in [-0.05, 0) is 19.3 Å². The second-order valence-electron chi connectivity index (χ2n) is 3.70. The fraction of sp³-hybridized carbons (Fsp3) is 0.615. The van der Waals surface area contributed by atoms with Gasteiger partial charge in [-0.3, -0.25) is 4.79 Å². The summed E-state index contributed by atoms with van der Waals surface area (Å²) < 4.78 is 4.62. The zero-order valence-electron chi connectivity index (χ0n) is 9.54. The van der Waals surface area contributed by atoms with E-state index in [4.69, 9.17) is 0 Å². The van der Waals surface area contributed by atoms with Crippen LogP contribution < -0.4 is 0 Å². The molecule has 0 fully saturated rings. The minimum absolute atomic E-state index is 0.442. The van der Waals surface area contributed by atoms with Gasteiger partial charge in [0.15, 0.2) is 0 Å². The summed E-state index contributed by atoms with van der Waals surface area (Å²) in [5, 5.41) is 0. The van der Waals surface area contributed by atoms with E-state index in [1.54, 1.807) is 0 Å². The molecule has 0 aliphatic heterocycles. The summed E-state index contributed by atoms with van der Waals surface area (Å²) >= 11 is 0. The van der Waals surface area contributed by atoms with E-state index in [0.717, 1.165) is 19.3 Å². The highest BCUT2D eigenvalue weighted by Crippen LogP contribution is 2.11. The van der Waals surface area contributed by atoms with Gasteiger partial charge in [0, 0.05) is 6.42 Å². The van der Waals surface area contributed by atoms with Crippen molar-refractivity contribution in [2.24, 2.45) is 0 Å². The first-order valence-corrected chi connectivity index (χ1v) is 5.70. The normalized spacial score (nSPS) is 9.60. The molecule has 0 heterocycles. The summed E-state index contributed by atoms with van der Waals surface area (Å²) in [6, 6.07) is 0. The number of hydrogen-bond acceptors (Lipinski definition) is 2. The van der Waals surface area contributed by atoms with Crippen molar-refractivity contribution in [1.82, 2.24) is 0 Å². The van der Waals surface area contributed by atoms with E-state index in [2.05, 4.69) is 17.9 Å². The highest BCUT2D eigenvalue weighted by Gasteiger charge is 1.95. The van der Waals surface area contributed by atoms with Gasteiger partial charge in [0.2, 0.25) is 0 Å². The van der Waals surface area contributed by atoms with Crippen molar-refractivity contribution in [3.63, 3.8) is 0 Å². The van der Waals surface area contributed by atoms with Gasteiger partial charge in [0.1, 0.15) is 5.76 Å². The molecule has 0 aromatic carbocycles. The Kier molecular flexibility index (Phi) is 10.3. The summed E-state index contributed by atoms with van der Waals surface area (Å²) in [5.74, 6) is 0.580. The first-order chi connectivity index (χ1) is 7.31. The van der Waals surface area contributed by atoms with E-state index >= 15 is 0 Å². The van der Waals surface area contributed by atoms with E-state index in [1.807, 2.05) is 6.08 Å². The predicted molar refractivity (Wildman–Crippen MR) is 63.4 cm³/mol. The molecule has 0 radical (unpaired) electrons. The predicted octanol–water partition coefficient (Wildman–Crippen LogP) is 3.98. The Labute approximate surface area is 93.0 Å². The standard InChI is InChI=1S/C13H22O2/c1-3-4-5-6-7-8-9-10-11-13(2)15-12-14/h3,12H,1-2,4-11H2. The fourth-order valence-electron chi connectivity index (χ4n) is 1.44. The third-order valence-corrected chi connectivity index (χ3v) is 2.33. The van der Waals surface area contributed by atoms with Gasteiger partial charge >= 0.3 is 0 Å². The Morgan fingerprint density at radius 2 is 1.67 bits per heavy atom. The molecular weight excluding hydrogens is 188 g/mol. The van der Waals surface area contributed by atoms with Crippen molar-refractivity contribution in [2.45, 2.75) is 51.4 Å². The smallest absolute Gasteiger partial charge is 0.298 e. The van der Waals surface area contributed by atoms with Crippen LogP contribution in [-0.4, -0.2) is 6.47 Å². The molecular formula is C13H22O2. The van der Waals surface area contributed by atoms with Gasteiger partial charge in [0.05, 0.1) is 0 Å². The second-order valence-corrected chi connectivity index (χ2v) is 3.70. The van der Waals surface area contributed by atoms with Gasteiger partial charge in [-0.15, -0.1) is 6.58 Å². The van der Waals surface area contributed by atoms with Gasteiger partial charge in [-0.1, -0.05) is 38.3 Å². The summed E-state index contributed by atoms with van der Waals surface area (Å²) in [6.45, 7) is 7.77. The van der Waals surface area contributed by atoms with Crippen molar-refractivity contribution >= 4 is 6.47 Å². The van der Waals surface area contributed by atoms with Crippen LogP contribution in [0.15, 0.2) is 25.0 Å². The van der Waals surface area contributed by atoms with Gasteiger partial charge < -0.3 is 4.74 Å². The number of carbonyl (C=O) groups excluding carboxylic acids is 1. The van der Waals surface area contributed by atoms with Gasteiger partial charge in [-0.25, -0.2) is 0 Å². The average Bonchev–Trinajstić information content (AvgIpc) is 2.22. The highest BCUT2D eigenvalue weighted by molar-refractivity contribution is 5.39. The minimum atomic E-state index is 0.442. The van der Waals surface area contributed by atoms with Crippen LogP contribution >= 0.6 is 0 Å². The molecule has 0 bridgehead atoms. The maximum absolute atomic E-state index is 9.96. The number of carbonyl (C=O) groups is 1. The Bertz CT molecular complexity index is 185. The van der Waals surface area contributed by atoms with Crippen molar-refractivity contribution in [1.29, 1.82) is 0 Å². The maximum atomic E-state index is 9.96. The summed E-state index contributed by atoms with van der Waals surface area (Å²) in [6.07, 6.45) is 11.2. The molecule has 2 nitrogen and oxygen atoms in total. The molecule has 86 valence electrons.